The minimum absolute atomic E-state index is 0.0634. The van der Waals surface area contributed by atoms with Crippen LogP contribution in [0.1, 0.15) is 41.1 Å². The van der Waals surface area contributed by atoms with Gasteiger partial charge in [-0.05, 0) is 53.5 Å². The normalized spacial score (nSPS) is 11.8. The van der Waals surface area contributed by atoms with Crippen molar-refractivity contribution in [3.8, 4) is 0 Å². The number of halogens is 2. The summed E-state index contributed by atoms with van der Waals surface area (Å²) >= 11 is 3.17. The molecule has 24 heavy (non-hydrogen) atoms. The number of rotatable bonds is 6. The van der Waals surface area contributed by atoms with Crippen LogP contribution in [0.15, 0.2) is 39.4 Å². The van der Waals surface area contributed by atoms with E-state index in [1.807, 2.05) is 0 Å². The minimum Gasteiger partial charge on any atom is -0.466 e. The van der Waals surface area contributed by atoms with Crippen molar-refractivity contribution in [3.63, 3.8) is 0 Å². The van der Waals surface area contributed by atoms with Gasteiger partial charge in [-0.3, -0.25) is 9.59 Å². The summed E-state index contributed by atoms with van der Waals surface area (Å²) in [6.07, 6.45) is -0.0634. The zero-order valence-corrected chi connectivity index (χ0v) is 14.9. The largest absolute Gasteiger partial charge is 0.466 e. The molecule has 0 aliphatic carbocycles. The molecule has 0 aliphatic heterocycles. The molecule has 5 nitrogen and oxygen atoms in total. The zero-order chi connectivity index (χ0) is 17.7. The Labute approximate surface area is 147 Å². The van der Waals surface area contributed by atoms with Crippen molar-refractivity contribution < 1.29 is 23.1 Å². The Hall–Kier alpha value is -2.15. The quantitative estimate of drug-likeness (QED) is 0.750. The maximum Gasteiger partial charge on any atom is 0.308 e. The summed E-state index contributed by atoms with van der Waals surface area (Å²) < 4.78 is 23.8. The average molecular weight is 398 g/mol. The van der Waals surface area contributed by atoms with E-state index in [0.717, 1.165) is 0 Å². The van der Waals surface area contributed by atoms with E-state index in [-0.39, 0.29) is 18.8 Å². The Morgan fingerprint density at radius 3 is 2.54 bits per heavy atom. The first kappa shape index (κ1) is 18.2. The Morgan fingerprint density at radius 1 is 1.33 bits per heavy atom. The molecule has 0 fully saturated rings. The molecule has 1 amide bonds. The predicted octanol–water partition coefficient (Wildman–Crippen LogP) is 3.91. The Kier molecular flexibility index (Phi) is 6.14. The van der Waals surface area contributed by atoms with Gasteiger partial charge in [0.15, 0.2) is 10.4 Å². The van der Waals surface area contributed by atoms with Crippen LogP contribution >= 0.6 is 15.9 Å². The van der Waals surface area contributed by atoms with Gasteiger partial charge in [0, 0.05) is 5.56 Å². The highest BCUT2D eigenvalue weighted by atomic mass is 79.9. The monoisotopic (exact) mass is 397 g/mol. The first-order chi connectivity index (χ1) is 11.4. The number of carbonyl (C=O) groups is 2. The van der Waals surface area contributed by atoms with Crippen LogP contribution in [0.4, 0.5) is 4.39 Å². The van der Waals surface area contributed by atoms with Crippen molar-refractivity contribution in [1.29, 1.82) is 0 Å². The molecule has 0 aliphatic rings. The van der Waals surface area contributed by atoms with Crippen molar-refractivity contribution in [2.75, 3.05) is 6.61 Å². The van der Waals surface area contributed by atoms with Gasteiger partial charge in [-0.15, -0.1) is 0 Å². The molecule has 7 heteroatoms. The van der Waals surface area contributed by atoms with E-state index >= 15 is 0 Å². The number of carbonyl (C=O) groups excluding carboxylic acids is 2. The van der Waals surface area contributed by atoms with Gasteiger partial charge in [-0.25, -0.2) is 4.39 Å². The van der Waals surface area contributed by atoms with Crippen LogP contribution in [-0.2, 0) is 9.53 Å². The SMILES string of the molecule is CCOC(=O)CC(NC(=O)c1oc(Br)cc1C)c1ccc(F)cc1. The standard InChI is InChI=1S/C17H17BrFNO4/c1-3-23-15(21)9-13(11-4-6-12(19)7-5-11)20-17(22)16-10(2)8-14(18)24-16/h4-8,13H,3,9H2,1-2H3,(H,20,22). The first-order valence-corrected chi connectivity index (χ1v) is 8.18. The predicted molar refractivity (Wildman–Crippen MR) is 89.0 cm³/mol. The van der Waals surface area contributed by atoms with Crippen LogP contribution in [0, 0.1) is 12.7 Å². The maximum absolute atomic E-state index is 13.1. The second-order valence-corrected chi connectivity index (χ2v) is 5.93. The van der Waals surface area contributed by atoms with Crippen LogP contribution < -0.4 is 5.32 Å². The molecule has 0 saturated heterocycles. The third kappa shape index (κ3) is 4.67. The van der Waals surface area contributed by atoms with Crippen LogP contribution in [0.3, 0.4) is 0 Å². The molecular weight excluding hydrogens is 381 g/mol. The summed E-state index contributed by atoms with van der Waals surface area (Å²) in [6, 6.07) is 6.60. The fraction of sp³-hybridized carbons (Fsp3) is 0.294. The van der Waals surface area contributed by atoms with Crippen LogP contribution in [-0.4, -0.2) is 18.5 Å². The van der Waals surface area contributed by atoms with Gasteiger partial charge in [0.25, 0.3) is 5.91 Å². The summed E-state index contributed by atoms with van der Waals surface area (Å²) in [5.41, 5.74) is 1.26. The Bertz CT molecular complexity index is 727. The highest BCUT2D eigenvalue weighted by molar-refractivity contribution is 9.10. The second kappa shape index (κ2) is 8.10. The number of amides is 1. The lowest BCUT2D eigenvalue weighted by Gasteiger charge is -2.18. The Morgan fingerprint density at radius 2 is 2.00 bits per heavy atom. The summed E-state index contributed by atoms with van der Waals surface area (Å²) in [5.74, 6) is -1.16. The molecular formula is C17H17BrFNO4. The van der Waals surface area contributed by atoms with Gasteiger partial charge >= 0.3 is 5.97 Å². The third-order valence-electron chi connectivity index (χ3n) is 3.35. The van der Waals surface area contributed by atoms with Gasteiger partial charge in [-0.2, -0.15) is 0 Å². The number of hydrogen-bond donors (Lipinski definition) is 1. The minimum atomic E-state index is -0.652. The van der Waals surface area contributed by atoms with Crippen molar-refractivity contribution in [3.05, 3.63) is 57.7 Å². The Balaban J connectivity index is 2.21. The number of furan rings is 1. The van der Waals surface area contributed by atoms with Crippen LogP contribution in [0.5, 0.6) is 0 Å². The lowest BCUT2D eigenvalue weighted by molar-refractivity contribution is -0.143. The van der Waals surface area contributed by atoms with Crippen molar-refractivity contribution in [1.82, 2.24) is 5.32 Å². The zero-order valence-electron chi connectivity index (χ0n) is 13.3. The fourth-order valence-electron chi connectivity index (χ4n) is 2.23. The topological polar surface area (TPSA) is 68.5 Å². The van der Waals surface area contributed by atoms with E-state index in [1.54, 1.807) is 19.9 Å². The molecule has 0 radical (unpaired) electrons. The smallest absolute Gasteiger partial charge is 0.308 e. The van der Waals surface area contributed by atoms with Crippen molar-refractivity contribution in [2.24, 2.45) is 0 Å². The molecule has 128 valence electrons. The number of esters is 1. The summed E-state index contributed by atoms with van der Waals surface area (Å²) in [4.78, 5) is 24.2. The lowest BCUT2D eigenvalue weighted by atomic mass is 10.0. The molecule has 1 heterocycles. The van der Waals surface area contributed by atoms with Crippen molar-refractivity contribution >= 4 is 27.8 Å². The molecule has 1 aromatic heterocycles. The number of hydrogen-bond acceptors (Lipinski definition) is 4. The number of ether oxygens (including phenoxy) is 1. The first-order valence-electron chi connectivity index (χ1n) is 7.38. The summed E-state index contributed by atoms with van der Waals surface area (Å²) in [5, 5.41) is 2.74. The summed E-state index contributed by atoms with van der Waals surface area (Å²) in [6.45, 7) is 3.68. The number of benzene rings is 1. The molecule has 1 atom stereocenters. The van der Waals surface area contributed by atoms with Crippen LogP contribution in [0.25, 0.3) is 0 Å². The van der Waals surface area contributed by atoms with Gasteiger partial charge in [0.1, 0.15) is 5.82 Å². The molecule has 0 saturated carbocycles. The maximum atomic E-state index is 13.1. The molecule has 2 rings (SSSR count). The van der Waals surface area contributed by atoms with Gasteiger partial charge < -0.3 is 14.5 Å². The second-order valence-electron chi connectivity index (χ2n) is 5.15. The molecule has 0 spiro atoms. The molecule has 1 aromatic carbocycles. The van der Waals surface area contributed by atoms with E-state index in [0.29, 0.717) is 15.8 Å². The third-order valence-corrected chi connectivity index (χ3v) is 3.74. The average Bonchev–Trinajstić information content (AvgIpc) is 2.86. The number of aryl methyl sites for hydroxylation is 1. The highest BCUT2D eigenvalue weighted by Crippen LogP contribution is 2.22. The van der Waals surface area contributed by atoms with E-state index in [2.05, 4.69) is 21.2 Å². The van der Waals surface area contributed by atoms with E-state index in [1.165, 1.54) is 24.3 Å². The molecule has 2 aromatic rings. The van der Waals surface area contributed by atoms with E-state index in [4.69, 9.17) is 9.15 Å². The van der Waals surface area contributed by atoms with Gasteiger partial charge in [0.2, 0.25) is 0 Å². The lowest BCUT2D eigenvalue weighted by Crippen LogP contribution is -2.30. The number of nitrogens with one attached hydrogen (secondary N) is 1. The molecule has 0 bridgehead atoms. The summed E-state index contributed by atoms with van der Waals surface area (Å²) in [7, 11) is 0. The van der Waals surface area contributed by atoms with E-state index in [9.17, 15) is 14.0 Å². The molecule has 1 N–H and O–H groups in total. The van der Waals surface area contributed by atoms with Crippen molar-refractivity contribution in [2.45, 2.75) is 26.3 Å². The van der Waals surface area contributed by atoms with E-state index < -0.39 is 23.7 Å². The highest BCUT2D eigenvalue weighted by Gasteiger charge is 2.23. The van der Waals surface area contributed by atoms with Gasteiger partial charge in [-0.1, -0.05) is 12.1 Å². The fourth-order valence-corrected chi connectivity index (χ4v) is 2.73. The molecule has 1 unspecified atom stereocenters. The van der Waals surface area contributed by atoms with Gasteiger partial charge in [0.05, 0.1) is 19.1 Å². The van der Waals surface area contributed by atoms with Crippen LogP contribution in [0.2, 0.25) is 0 Å².